The molecule has 1 aliphatic carbocycles. The van der Waals surface area contributed by atoms with Gasteiger partial charge in [0.2, 0.25) is 5.91 Å². The van der Waals surface area contributed by atoms with Gasteiger partial charge in [0, 0.05) is 32.7 Å². The van der Waals surface area contributed by atoms with Gasteiger partial charge in [-0.05, 0) is 38.1 Å². The number of rotatable bonds is 3. The molecule has 0 radical (unpaired) electrons. The van der Waals surface area contributed by atoms with Crippen LogP contribution in [0.25, 0.3) is 0 Å². The summed E-state index contributed by atoms with van der Waals surface area (Å²) >= 11 is 0. The van der Waals surface area contributed by atoms with Crippen molar-refractivity contribution in [2.24, 2.45) is 5.92 Å². The second-order valence-corrected chi connectivity index (χ2v) is 5.72. The highest BCUT2D eigenvalue weighted by Crippen LogP contribution is 2.29. The monoisotopic (exact) mass is 237 g/mol. The predicted molar refractivity (Wildman–Crippen MR) is 66.8 cm³/mol. The number of carbonyl (C=O) groups is 1. The highest BCUT2D eigenvalue weighted by molar-refractivity contribution is 5.82. The second kappa shape index (κ2) is 4.94. The summed E-state index contributed by atoms with van der Waals surface area (Å²) in [5, 5.41) is 3.30. The van der Waals surface area contributed by atoms with Crippen LogP contribution in [0.5, 0.6) is 0 Å². The first-order valence-corrected chi connectivity index (χ1v) is 7.07. The molecule has 4 nitrogen and oxygen atoms in total. The fourth-order valence-electron chi connectivity index (χ4n) is 2.93. The summed E-state index contributed by atoms with van der Waals surface area (Å²) in [6, 6.07) is 0.116. The number of piperazine rings is 1. The van der Waals surface area contributed by atoms with Gasteiger partial charge >= 0.3 is 0 Å². The number of nitrogens with one attached hydrogen (secondary N) is 1. The highest BCUT2D eigenvalue weighted by atomic mass is 16.2. The third-order valence-corrected chi connectivity index (χ3v) is 4.26. The molecule has 96 valence electrons. The lowest BCUT2D eigenvalue weighted by atomic mass is 10.2. The number of nitrogens with zero attached hydrogens (tertiary/aromatic N) is 2. The third-order valence-electron chi connectivity index (χ3n) is 4.26. The zero-order chi connectivity index (χ0) is 11.7. The first kappa shape index (κ1) is 11.5. The van der Waals surface area contributed by atoms with Crippen LogP contribution in [0.3, 0.4) is 0 Å². The van der Waals surface area contributed by atoms with Crippen LogP contribution in [-0.2, 0) is 4.79 Å². The van der Waals surface area contributed by atoms with Crippen LogP contribution in [-0.4, -0.2) is 61.0 Å². The molecule has 1 saturated carbocycles. The Bertz CT molecular complexity index is 276. The molecule has 0 aromatic rings. The van der Waals surface area contributed by atoms with E-state index in [0.717, 1.165) is 51.5 Å². The predicted octanol–water partition coefficient (Wildman–Crippen LogP) is 0.293. The molecular weight excluding hydrogens is 214 g/mol. The van der Waals surface area contributed by atoms with Gasteiger partial charge in [-0.15, -0.1) is 0 Å². The van der Waals surface area contributed by atoms with Crippen LogP contribution in [0, 0.1) is 5.92 Å². The molecule has 0 aromatic heterocycles. The van der Waals surface area contributed by atoms with E-state index in [1.54, 1.807) is 0 Å². The molecule has 0 spiro atoms. The summed E-state index contributed by atoms with van der Waals surface area (Å²) in [4.78, 5) is 16.8. The summed E-state index contributed by atoms with van der Waals surface area (Å²) in [5.74, 6) is 1.31. The summed E-state index contributed by atoms with van der Waals surface area (Å²) in [7, 11) is 0. The standard InChI is InChI=1S/C13H23N3O/c17-13(12-2-1-5-14-12)16-8-6-15(7-9-16)10-11-3-4-11/h11-12,14H,1-10H2/t12-/m1/s1. The average Bonchev–Trinajstić information content (AvgIpc) is 3.00. The highest BCUT2D eigenvalue weighted by Gasteiger charge is 2.31. The van der Waals surface area contributed by atoms with E-state index < -0.39 is 0 Å². The summed E-state index contributed by atoms with van der Waals surface area (Å²) < 4.78 is 0. The average molecular weight is 237 g/mol. The van der Waals surface area contributed by atoms with Crippen molar-refractivity contribution < 1.29 is 4.79 Å². The molecule has 4 heteroatoms. The van der Waals surface area contributed by atoms with Crippen molar-refractivity contribution in [1.82, 2.24) is 15.1 Å². The van der Waals surface area contributed by atoms with Crippen molar-refractivity contribution in [3.05, 3.63) is 0 Å². The maximum absolute atomic E-state index is 12.2. The zero-order valence-electron chi connectivity index (χ0n) is 10.5. The van der Waals surface area contributed by atoms with Gasteiger partial charge in [-0.3, -0.25) is 9.69 Å². The van der Waals surface area contributed by atoms with E-state index in [1.165, 1.54) is 19.4 Å². The molecule has 1 amide bonds. The maximum atomic E-state index is 12.2. The lowest BCUT2D eigenvalue weighted by Gasteiger charge is -2.36. The van der Waals surface area contributed by atoms with Gasteiger partial charge < -0.3 is 10.2 Å². The summed E-state index contributed by atoms with van der Waals surface area (Å²) in [6.45, 7) is 6.30. The van der Waals surface area contributed by atoms with E-state index in [4.69, 9.17) is 0 Å². The van der Waals surface area contributed by atoms with Crippen LogP contribution < -0.4 is 5.32 Å². The van der Waals surface area contributed by atoms with Gasteiger partial charge in [0.15, 0.2) is 0 Å². The van der Waals surface area contributed by atoms with E-state index in [0.29, 0.717) is 5.91 Å². The van der Waals surface area contributed by atoms with E-state index in [2.05, 4.69) is 15.1 Å². The Morgan fingerprint density at radius 3 is 2.47 bits per heavy atom. The smallest absolute Gasteiger partial charge is 0.239 e. The molecule has 3 fully saturated rings. The number of hydrogen-bond acceptors (Lipinski definition) is 3. The zero-order valence-corrected chi connectivity index (χ0v) is 10.5. The van der Waals surface area contributed by atoms with Crippen molar-refractivity contribution in [3.63, 3.8) is 0 Å². The fourth-order valence-corrected chi connectivity index (χ4v) is 2.93. The molecule has 2 saturated heterocycles. The van der Waals surface area contributed by atoms with Gasteiger partial charge in [0.25, 0.3) is 0 Å². The number of amides is 1. The topological polar surface area (TPSA) is 35.6 Å². The van der Waals surface area contributed by atoms with Crippen LogP contribution in [0.1, 0.15) is 25.7 Å². The Labute approximate surface area is 103 Å². The quantitative estimate of drug-likeness (QED) is 0.766. The molecule has 3 aliphatic rings. The van der Waals surface area contributed by atoms with E-state index >= 15 is 0 Å². The first-order valence-electron chi connectivity index (χ1n) is 7.07. The largest absolute Gasteiger partial charge is 0.339 e. The van der Waals surface area contributed by atoms with Crippen molar-refractivity contribution in [1.29, 1.82) is 0 Å². The molecule has 1 N–H and O–H groups in total. The fraction of sp³-hybridized carbons (Fsp3) is 0.923. The first-order chi connectivity index (χ1) is 8.33. The van der Waals surface area contributed by atoms with Gasteiger partial charge in [-0.1, -0.05) is 0 Å². The molecule has 0 aromatic carbocycles. The number of carbonyl (C=O) groups excluding carboxylic acids is 1. The van der Waals surface area contributed by atoms with Crippen molar-refractivity contribution >= 4 is 5.91 Å². The number of hydrogen-bond donors (Lipinski definition) is 1. The minimum Gasteiger partial charge on any atom is -0.339 e. The summed E-state index contributed by atoms with van der Waals surface area (Å²) in [5.41, 5.74) is 0. The molecule has 3 rings (SSSR count). The molecule has 1 atom stereocenters. The molecule has 2 aliphatic heterocycles. The Balaban J connectivity index is 1.44. The second-order valence-electron chi connectivity index (χ2n) is 5.72. The Morgan fingerprint density at radius 1 is 1.12 bits per heavy atom. The van der Waals surface area contributed by atoms with Gasteiger partial charge in [-0.2, -0.15) is 0 Å². The Morgan fingerprint density at radius 2 is 1.88 bits per heavy atom. The SMILES string of the molecule is O=C([C@H]1CCCN1)N1CCN(CC2CC2)CC1. The molecule has 17 heavy (non-hydrogen) atoms. The van der Waals surface area contributed by atoms with Gasteiger partial charge in [-0.25, -0.2) is 0 Å². The van der Waals surface area contributed by atoms with Crippen LogP contribution in [0.2, 0.25) is 0 Å². The molecule has 0 unspecified atom stereocenters. The van der Waals surface area contributed by atoms with Crippen LogP contribution >= 0.6 is 0 Å². The van der Waals surface area contributed by atoms with E-state index in [1.807, 2.05) is 0 Å². The summed E-state index contributed by atoms with van der Waals surface area (Å²) in [6.07, 6.45) is 5.02. The van der Waals surface area contributed by atoms with Crippen molar-refractivity contribution in [2.75, 3.05) is 39.3 Å². The third kappa shape index (κ3) is 2.80. The van der Waals surface area contributed by atoms with Crippen molar-refractivity contribution in [2.45, 2.75) is 31.7 Å². The van der Waals surface area contributed by atoms with Gasteiger partial charge in [0.05, 0.1) is 6.04 Å². The molecule has 0 bridgehead atoms. The molecular formula is C13H23N3O. The lowest BCUT2D eigenvalue weighted by Crippen LogP contribution is -2.53. The van der Waals surface area contributed by atoms with Gasteiger partial charge in [0.1, 0.15) is 0 Å². The van der Waals surface area contributed by atoms with E-state index in [9.17, 15) is 4.79 Å². The minimum atomic E-state index is 0.116. The Hall–Kier alpha value is -0.610. The normalized spacial score (nSPS) is 30.8. The Kier molecular flexibility index (Phi) is 3.34. The minimum absolute atomic E-state index is 0.116. The lowest BCUT2D eigenvalue weighted by molar-refractivity contribution is -0.134. The molecule has 2 heterocycles. The van der Waals surface area contributed by atoms with Crippen molar-refractivity contribution in [3.8, 4) is 0 Å². The van der Waals surface area contributed by atoms with E-state index in [-0.39, 0.29) is 6.04 Å². The van der Waals surface area contributed by atoms with Crippen LogP contribution in [0.15, 0.2) is 0 Å². The maximum Gasteiger partial charge on any atom is 0.239 e. The van der Waals surface area contributed by atoms with Crippen LogP contribution in [0.4, 0.5) is 0 Å².